The van der Waals surface area contributed by atoms with Crippen molar-refractivity contribution < 1.29 is 14.3 Å². The van der Waals surface area contributed by atoms with E-state index in [1.165, 1.54) is 6.08 Å². The Morgan fingerprint density at radius 3 is 3.10 bits per heavy atom. The van der Waals surface area contributed by atoms with Crippen molar-refractivity contribution in [3.8, 4) is 0 Å². The number of hydrogen-bond donors (Lipinski definition) is 1. The van der Waals surface area contributed by atoms with E-state index in [0.717, 1.165) is 24.1 Å². The molecule has 0 atom stereocenters. The van der Waals surface area contributed by atoms with Crippen LogP contribution in [0.5, 0.6) is 0 Å². The molecule has 1 aromatic carbocycles. The summed E-state index contributed by atoms with van der Waals surface area (Å²) >= 11 is 0. The Morgan fingerprint density at radius 2 is 2.33 bits per heavy atom. The predicted octanol–water partition coefficient (Wildman–Crippen LogP) is 1.89. The number of benzene rings is 1. The fourth-order valence-corrected chi connectivity index (χ4v) is 2.15. The first-order valence-corrected chi connectivity index (χ1v) is 7.16. The molecule has 1 aliphatic rings. The number of carbonyl (C=O) groups is 2. The van der Waals surface area contributed by atoms with Gasteiger partial charge in [-0.2, -0.15) is 0 Å². The third-order valence-corrected chi connectivity index (χ3v) is 3.16. The predicted molar refractivity (Wildman–Crippen MR) is 79.9 cm³/mol. The third kappa shape index (κ3) is 4.72. The normalized spacial score (nSPS) is 15.5. The van der Waals surface area contributed by atoms with Crippen molar-refractivity contribution in [2.45, 2.75) is 26.3 Å². The molecule has 0 spiro atoms. The first-order valence-electron chi connectivity index (χ1n) is 7.16. The SMILES string of the molecule is CCOC(=O)C=Cc1cccc(CN2NCCCC2=O)c1. The van der Waals surface area contributed by atoms with Crippen LogP contribution in [0.4, 0.5) is 0 Å². The molecule has 0 aromatic heterocycles. The van der Waals surface area contributed by atoms with Crippen LogP contribution in [0.3, 0.4) is 0 Å². The number of ether oxygens (including phenoxy) is 1. The van der Waals surface area contributed by atoms with Gasteiger partial charge in [-0.05, 0) is 36.6 Å². The molecular formula is C16H20N2O3. The van der Waals surface area contributed by atoms with E-state index < -0.39 is 0 Å². The summed E-state index contributed by atoms with van der Waals surface area (Å²) < 4.78 is 4.84. The van der Waals surface area contributed by atoms with E-state index in [9.17, 15) is 9.59 Å². The number of rotatable bonds is 5. The van der Waals surface area contributed by atoms with Gasteiger partial charge in [0.25, 0.3) is 0 Å². The molecule has 0 saturated carbocycles. The average molecular weight is 288 g/mol. The van der Waals surface area contributed by atoms with Crippen molar-refractivity contribution in [2.24, 2.45) is 0 Å². The molecule has 0 aliphatic carbocycles. The lowest BCUT2D eigenvalue weighted by atomic mass is 10.1. The van der Waals surface area contributed by atoms with Gasteiger partial charge in [0.05, 0.1) is 13.2 Å². The van der Waals surface area contributed by atoms with E-state index in [1.54, 1.807) is 18.0 Å². The highest BCUT2D eigenvalue weighted by Gasteiger charge is 2.17. The third-order valence-electron chi connectivity index (χ3n) is 3.16. The molecule has 112 valence electrons. The largest absolute Gasteiger partial charge is 0.463 e. The summed E-state index contributed by atoms with van der Waals surface area (Å²) in [7, 11) is 0. The van der Waals surface area contributed by atoms with Crippen LogP contribution in [0.2, 0.25) is 0 Å². The first kappa shape index (κ1) is 15.3. The maximum atomic E-state index is 11.8. The zero-order valence-electron chi connectivity index (χ0n) is 12.2. The Labute approximate surface area is 124 Å². The van der Waals surface area contributed by atoms with Gasteiger partial charge in [-0.15, -0.1) is 0 Å². The highest BCUT2D eigenvalue weighted by Crippen LogP contribution is 2.12. The maximum Gasteiger partial charge on any atom is 0.330 e. The van der Waals surface area contributed by atoms with Crippen molar-refractivity contribution in [3.63, 3.8) is 0 Å². The summed E-state index contributed by atoms with van der Waals surface area (Å²) in [6.07, 6.45) is 4.60. The number of nitrogens with zero attached hydrogens (tertiary/aromatic N) is 1. The van der Waals surface area contributed by atoms with Gasteiger partial charge in [-0.25, -0.2) is 10.2 Å². The lowest BCUT2D eigenvalue weighted by Crippen LogP contribution is -2.46. The van der Waals surface area contributed by atoms with Gasteiger partial charge in [0.2, 0.25) is 5.91 Å². The molecule has 0 unspecified atom stereocenters. The molecular weight excluding hydrogens is 268 g/mol. The van der Waals surface area contributed by atoms with Crippen molar-refractivity contribution in [3.05, 3.63) is 41.5 Å². The minimum Gasteiger partial charge on any atom is -0.463 e. The lowest BCUT2D eigenvalue weighted by Gasteiger charge is -2.27. The molecule has 1 aromatic rings. The van der Waals surface area contributed by atoms with Crippen LogP contribution in [-0.2, 0) is 20.9 Å². The summed E-state index contributed by atoms with van der Waals surface area (Å²) in [6.45, 7) is 3.50. The number of carbonyl (C=O) groups excluding carboxylic acids is 2. The lowest BCUT2D eigenvalue weighted by molar-refractivity contribution is -0.138. The van der Waals surface area contributed by atoms with Crippen LogP contribution in [0.15, 0.2) is 30.3 Å². The number of nitrogens with one attached hydrogen (secondary N) is 1. The quantitative estimate of drug-likeness (QED) is 0.664. The van der Waals surface area contributed by atoms with E-state index in [4.69, 9.17) is 4.74 Å². The van der Waals surface area contributed by atoms with Crippen molar-refractivity contribution in [1.29, 1.82) is 0 Å². The zero-order valence-corrected chi connectivity index (χ0v) is 12.2. The van der Waals surface area contributed by atoms with E-state index in [0.29, 0.717) is 19.6 Å². The van der Waals surface area contributed by atoms with E-state index in [-0.39, 0.29) is 11.9 Å². The second-order valence-corrected chi connectivity index (χ2v) is 4.82. The Kier molecular flexibility index (Phi) is 5.51. The second kappa shape index (κ2) is 7.59. The van der Waals surface area contributed by atoms with Crippen LogP contribution < -0.4 is 5.43 Å². The minimum atomic E-state index is -0.351. The summed E-state index contributed by atoms with van der Waals surface area (Å²) in [5, 5.41) is 1.65. The van der Waals surface area contributed by atoms with Gasteiger partial charge >= 0.3 is 5.97 Å². The van der Waals surface area contributed by atoms with Crippen molar-refractivity contribution in [2.75, 3.05) is 13.2 Å². The standard InChI is InChI=1S/C16H20N2O3/c1-2-21-16(20)9-8-13-5-3-6-14(11-13)12-18-15(19)7-4-10-17-18/h3,5-6,8-9,11,17H,2,4,7,10,12H2,1H3. The molecule has 1 aliphatic heterocycles. The Bertz CT molecular complexity index is 540. The van der Waals surface area contributed by atoms with E-state index in [2.05, 4.69) is 5.43 Å². The second-order valence-electron chi connectivity index (χ2n) is 4.82. The van der Waals surface area contributed by atoms with E-state index >= 15 is 0 Å². The van der Waals surface area contributed by atoms with Crippen molar-refractivity contribution in [1.82, 2.24) is 10.4 Å². The smallest absolute Gasteiger partial charge is 0.330 e. The van der Waals surface area contributed by atoms with Crippen LogP contribution in [0.1, 0.15) is 30.9 Å². The summed E-state index contributed by atoms with van der Waals surface area (Å²) in [5.41, 5.74) is 5.02. The monoisotopic (exact) mass is 288 g/mol. The van der Waals surface area contributed by atoms with Gasteiger partial charge in [0, 0.05) is 19.0 Å². The fourth-order valence-electron chi connectivity index (χ4n) is 2.15. The summed E-state index contributed by atoms with van der Waals surface area (Å²) in [5.74, 6) is -0.232. The highest BCUT2D eigenvalue weighted by molar-refractivity contribution is 5.87. The van der Waals surface area contributed by atoms with Gasteiger partial charge in [-0.3, -0.25) is 9.80 Å². The molecule has 5 nitrogen and oxygen atoms in total. The first-order chi connectivity index (χ1) is 10.2. The Hall–Kier alpha value is -2.14. The van der Waals surface area contributed by atoms with Gasteiger partial charge in [0.1, 0.15) is 0 Å². The van der Waals surface area contributed by atoms with Crippen LogP contribution in [-0.4, -0.2) is 30.0 Å². The zero-order chi connectivity index (χ0) is 15.1. The van der Waals surface area contributed by atoms with Gasteiger partial charge < -0.3 is 4.74 Å². The average Bonchev–Trinajstić information content (AvgIpc) is 2.48. The molecule has 1 heterocycles. The highest BCUT2D eigenvalue weighted by atomic mass is 16.5. The number of hydrogen-bond acceptors (Lipinski definition) is 4. The Balaban J connectivity index is 2.00. The number of esters is 1. The van der Waals surface area contributed by atoms with Gasteiger partial charge in [0.15, 0.2) is 0 Å². The number of amides is 1. The topological polar surface area (TPSA) is 58.6 Å². The molecule has 1 N–H and O–H groups in total. The molecule has 0 radical (unpaired) electrons. The number of hydrazine groups is 1. The van der Waals surface area contributed by atoms with E-state index in [1.807, 2.05) is 24.3 Å². The van der Waals surface area contributed by atoms with Crippen LogP contribution >= 0.6 is 0 Å². The van der Waals surface area contributed by atoms with Gasteiger partial charge in [-0.1, -0.05) is 18.2 Å². The molecule has 1 saturated heterocycles. The van der Waals surface area contributed by atoms with Crippen LogP contribution in [0.25, 0.3) is 6.08 Å². The molecule has 1 fully saturated rings. The minimum absolute atomic E-state index is 0.119. The fraction of sp³-hybridized carbons (Fsp3) is 0.375. The molecule has 21 heavy (non-hydrogen) atoms. The summed E-state index contributed by atoms with van der Waals surface area (Å²) in [6, 6.07) is 7.74. The Morgan fingerprint density at radius 1 is 1.48 bits per heavy atom. The van der Waals surface area contributed by atoms with Crippen molar-refractivity contribution >= 4 is 18.0 Å². The molecule has 0 bridgehead atoms. The molecule has 5 heteroatoms. The maximum absolute atomic E-state index is 11.8. The molecule has 2 rings (SSSR count). The summed E-state index contributed by atoms with van der Waals surface area (Å²) in [4.78, 5) is 23.0. The molecule has 1 amide bonds. The van der Waals surface area contributed by atoms with Crippen LogP contribution in [0, 0.1) is 0 Å².